The summed E-state index contributed by atoms with van der Waals surface area (Å²) in [4.78, 5) is 14.2. The summed E-state index contributed by atoms with van der Waals surface area (Å²) in [5.41, 5.74) is 0.662. The predicted octanol–water partition coefficient (Wildman–Crippen LogP) is 2.02. The summed E-state index contributed by atoms with van der Waals surface area (Å²) in [6.07, 6.45) is 1.71. The van der Waals surface area contributed by atoms with Crippen LogP contribution in [0.15, 0.2) is 15.5 Å². The third-order valence-electron chi connectivity index (χ3n) is 2.56. The van der Waals surface area contributed by atoms with Gasteiger partial charge in [-0.05, 0) is 42.9 Å². The molecule has 0 aromatic carbocycles. The van der Waals surface area contributed by atoms with E-state index in [1.165, 1.54) is 4.68 Å². The van der Waals surface area contributed by atoms with E-state index in [9.17, 15) is 4.79 Å². The lowest BCUT2D eigenvalue weighted by molar-refractivity contribution is 0.392. The molecule has 5 nitrogen and oxygen atoms in total. The first kappa shape index (κ1) is 16.2. The molecule has 0 aliphatic carbocycles. The highest BCUT2D eigenvalue weighted by atomic mass is 79.9. The molecule has 1 rings (SSSR count). The van der Waals surface area contributed by atoms with Crippen molar-refractivity contribution in [1.82, 2.24) is 14.7 Å². The first-order chi connectivity index (χ1) is 8.81. The van der Waals surface area contributed by atoms with Gasteiger partial charge in [-0.25, -0.2) is 4.68 Å². The zero-order valence-corrected chi connectivity index (χ0v) is 13.9. The topological polar surface area (TPSA) is 50.2 Å². The molecule has 1 aromatic rings. The molecule has 0 saturated heterocycles. The van der Waals surface area contributed by atoms with Crippen LogP contribution >= 0.6 is 15.9 Å². The zero-order chi connectivity index (χ0) is 14.6. The van der Waals surface area contributed by atoms with Crippen molar-refractivity contribution >= 4 is 21.6 Å². The lowest BCUT2D eigenvalue weighted by Crippen LogP contribution is -2.32. The van der Waals surface area contributed by atoms with E-state index < -0.39 is 0 Å². The summed E-state index contributed by atoms with van der Waals surface area (Å²) in [5.74, 6) is 0.392. The van der Waals surface area contributed by atoms with Crippen LogP contribution in [-0.4, -0.2) is 41.4 Å². The van der Waals surface area contributed by atoms with Gasteiger partial charge in [0.1, 0.15) is 4.47 Å². The van der Waals surface area contributed by atoms with E-state index in [1.54, 1.807) is 6.20 Å². The summed E-state index contributed by atoms with van der Waals surface area (Å²) < 4.78 is 2.05. The maximum Gasteiger partial charge on any atom is 0.283 e. The third-order valence-corrected chi connectivity index (χ3v) is 3.33. The van der Waals surface area contributed by atoms with Crippen molar-refractivity contribution in [3.63, 3.8) is 0 Å². The number of rotatable bonds is 6. The number of nitrogens with zero attached hydrogens (tertiary/aromatic N) is 3. The Bertz CT molecular complexity index is 470. The van der Waals surface area contributed by atoms with Crippen molar-refractivity contribution < 1.29 is 0 Å². The normalized spacial score (nSPS) is 13.1. The molecular weight excluding hydrogens is 308 g/mol. The molecule has 1 atom stereocenters. The minimum Gasteiger partial charge on any atom is -0.379 e. The van der Waals surface area contributed by atoms with E-state index in [0.717, 1.165) is 12.2 Å². The minimum atomic E-state index is -0.0873. The Labute approximate surface area is 123 Å². The SMILES string of the molecule is CC(C)Cn1ncc(NC(C)CN(C)C)c(Br)c1=O. The summed E-state index contributed by atoms with van der Waals surface area (Å²) in [6.45, 7) is 7.72. The van der Waals surface area contributed by atoms with Gasteiger partial charge in [0.15, 0.2) is 0 Å². The summed E-state index contributed by atoms with van der Waals surface area (Å²) in [7, 11) is 4.04. The van der Waals surface area contributed by atoms with Crippen molar-refractivity contribution in [2.75, 3.05) is 26.0 Å². The number of hydrogen-bond donors (Lipinski definition) is 1. The standard InChI is InChI=1S/C13H23BrN4O/c1-9(2)7-18-13(19)12(14)11(6-15-18)16-10(3)8-17(4)5/h6,9-10,16H,7-8H2,1-5H3. The maximum absolute atomic E-state index is 12.1. The molecule has 19 heavy (non-hydrogen) atoms. The largest absolute Gasteiger partial charge is 0.379 e. The zero-order valence-electron chi connectivity index (χ0n) is 12.3. The molecule has 0 aliphatic rings. The van der Waals surface area contributed by atoms with Crippen LogP contribution in [0.5, 0.6) is 0 Å². The fraction of sp³-hybridized carbons (Fsp3) is 0.692. The van der Waals surface area contributed by atoms with Crippen molar-refractivity contribution in [2.24, 2.45) is 5.92 Å². The van der Waals surface area contributed by atoms with Crippen molar-refractivity contribution in [3.05, 3.63) is 21.0 Å². The molecule has 0 amide bonds. The van der Waals surface area contributed by atoms with Gasteiger partial charge in [0.2, 0.25) is 0 Å². The van der Waals surface area contributed by atoms with Crippen LogP contribution in [0.3, 0.4) is 0 Å². The summed E-state index contributed by atoms with van der Waals surface area (Å²) in [6, 6.07) is 0.244. The number of likely N-dealkylation sites (N-methyl/N-ethyl adjacent to an activating group) is 1. The highest BCUT2D eigenvalue weighted by molar-refractivity contribution is 9.10. The highest BCUT2D eigenvalue weighted by Gasteiger charge is 2.12. The fourth-order valence-corrected chi connectivity index (χ4v) is 2.32. The van der Waals surface area contributed by atoms with E-state index in [-0.39, 0.29) is 11.6 Å². The van der Waals surface area contributed by atoms with E-state index in [1.807, 2.05) is 14.1 Å². The lowest BCUT2D eigenvalue weighted by Gasteiger charge is -2.20. The summed E-state index contributed by atoms with van der Waals surface area (Å²) >= 11 is 3.37. The molecule has 6 heteroatoms. The average molecular weight is 331 g/mol. The fourth-order valence-electron chi connectivity index (χ4n) is 1.90. The van der Waals surface area contributed by atoms with Gasteiger partial charge in [-0.3, -0.25) is 4.79 Å². The Kier molecular flexibility index (Phi) is 6.00. The molecule has 1 unspecified atom stereocenters. The van der Waals surface area contributed by atoms with Gasteiger partial charge in [0, 0.05) is 19.1 Å². The van der Waals surface area contributed by atoms with Gasteiger partial charge < -0.3 is 10.2 Å². The molecule has 1 N–H and O–H groups in total. The van der Waals surface area contributed by atoms with Crippen molar-refractivity contribution in [1.29, 1.82) is 0 Å². The van der Waals surface area contributed by atoms with Crippen LogP contribution in [0.1, 0.15) is 20.8 Å². The van der Waals surface area contributed by atoms with Crippen LogP contribution in [0.25, 0.3) is 0 Å². The molecule has 0 saturated carbocycles. The molecule has 1 heterocycles. The molecule has 0 spiro atoms. The van der Waals surface area contributed by atoms with Gasteiger partial charge in [-0.2, -0.15) is 5.10 Å². The number of nitrogens with one attached hydrogen (secondary N) is 1. The first-order valence-electron chi connectivity index (χ1n) is 6.48. The minimum absolute atomic E-state index is 0.0873. The van der Waals surface area contributed by atoms with Crippen LogP contribution in [-0.2, 0) is 6.54 Å². The third kappa shape index (κ3) is 4.95. The van der Waals surface area contributed by atoms with Gasteiger partial charge >= 0.3 is 0 Å². The number of anilines is 1. The lowest BCUT2D eigenvalue weighted by atomic mass is 10.2. The van der Waals surface area contributed by atoms with Gasteiger partial charge in [0.05, 0.1) is 11.9 Å². The van der Waals surface area contributed by atoms with Gasteiger partial charge in [0.25, 0.3) is 5.56 Å². The van der Waals surface area contributed by atoms with E-state index in [0.29, 0.717) is 16.9 Å². The van der Waals surface area contributed by atoms with Crippen molar-refractivity contribution in [2.45, 2.75) is 33.4 Å². The van der Waals surface area contributed by atoms with E-state index >= 15 is 0 Å². The predicted molar refractivity (Wildman–Crippen MR) is 82.7 cm³/mol. The number of halogens is 1. The van der Waals surface area contributed by atoms with Crippen molar-refractivity contribution in [3.8, 4) is 0 Å². The second-order valence-corrected chi connectivity index (χ2v) is 6.35. The summed E-state index contributed by atoms with van der Waals surface area (Å²) in [5, 5.41) is 7.51. The molecule has 1 aromatic heterocycles. The Morgan fingerprint density at radius 2 is 2.05 bits per heavy atom. The van der Waals surface area contributed by atoms with Gasteiger partial charge in [-0.1, -0.05) is 13.8 Å². The molecule has 0 aliphatic heterocycles. The molecule has 108 valence electrons. The van der Waals surface area contributed by atoms with Crippen LogP contribution in [0.4, 0.5) is 5.69 Å². The van der Waals surface area contributed by atoms with Crippen LogP contribution in [0, 0.1) is 5.92 Å². The average Bonchev–Trinajstić information content (AvgIpc) is 2.27. The molecule has 0 radical (unpaired) electrons. The highest BCUT2D eigenvalue weighted by Crippen LogP contribution is 2.17. The molecule has 0 bridgehead atoms. The van der Waals surface area contributed by atoms with Gasteiger partial charge in [-0.15, -0.1) is 0 Å². The number of hydrogen-bond acceptors (Lipinski definition) is 4. The van der Waals surface area contributed by atoms with Crippen LogP contribution < -0.4 is 10.9 Å². The smallest absolute Gasteiger partial charge is 0.283 e. The quantitative estimate of drug-likeness (QED) is 0.867. The second-order valence-electron chi connectivity index (χ2n) is 5.56. The Hall–Kier alpha value is -0.880. The number of aromatic nitrogens is 2. The monoisotopic (exact) mass is 330 g/mol. The maximum atomic E-state index is 12.1. The molecular formula is C13H23BrN4O. The Morgan fingerprint density at radius 1 is 1.42 bits per heavy atom. The second kappa shape index (κ2) is 7.05. The molecule has 0 fully saturated rings. The van der Waals surface area contributed by atoms with E-state index in [2.05, 4.69) is 52.0 Å². The van der Waals surface area contributed by atoms with E-state index in [4.69, 9.17) is 0 Å². The Balaban J connectivity index is 2.87. The Morgan fingerprint density at radius 3 is 2.58 bits per heavy atom. The van der Waals surface area contributed by atoms with Crippen LogP contribution in [0.2, 0.25) is 0 Å². The first-order valence-corrected chi connectivity index (χ1v) is 7.27.